The Hall–Kier alpha value is -1.39. The molecule has 1 aromatic rings. The summed E-state index contributed by atoms with van der Waals surface area (Å²) in [5, 5.41) is 10.7. The van der Waals surface area contributed by atoms with Crippen LogP contribution in [0.3, 0.4) is 0 Å². The molecule has 4 nitrogen and oxygen atoms in total. The minimum atomic E-state index is -0.446. The zero-order valence-corrected chi connectivity index (χ0v) is 15.0. The van der Waals surface area contributed by atoms with E-state index in [9.17, 15) is 9.90 Å². The van der Waals surface area contributed by atoms with E-state index in [1.165, 1.54) is 18.4 Å². The van der Waals surface area contributed by atoms with Crippen molar-refractivity contribution in [3.05, 3.63) is 29.3 Å². The van der Waals surface area contributed by atoms with Gasteiger partial charge >= 0.3 is 0 Å². The molecule has 1 saturated heterocycles. The van der Waals surface area contributed by atoms with Gasteiger partial charge in [0.1, 0.15) is 0 Å². The predicted molar refractivity (Wildman–Crippen MR) is 97.2 cm³/mol. The fourth-order valence-electron chi connectivity index (χ4n) is 4.08. The van der Waals surface area contributed by atoms with E-state index in [2.05, 4.69) is 17.9 Å². The van der Waals surface area contributed by atoms with Gasteiger partial charge in [-0.3, -0.25) is 4.79 Å². The topological polar surface area (TPSA) is 43.8 Å². The molecule has 1 fully saturated rings. The van der Waals surface area contributed by atoms with Crippen LogP contribution in [0.15, 0.2) is 18.2 Å². The molecule has 132 valence electrons. The molecule has 0 saturated carbocycles. The molecular weight excluding hydrogens is 300 g/mol. The molecule has 4 heteroatoms. The normalized spacial score (nSPS) is 23.0. The van der Waals surface area contributed by atoms with E-state index in [4.69, 9.17) is 0 Å². The number of aliphatic hydroxyl groups is 1. The highest BCUT2D eigenvalue weighted by atomic mass is 16.3. The Kier molecular flexibility index (Phi) is 5.57. The van der Waals surface area contributed by atoms with Crippen LogP contribution >= 0.6 is 0 Å². The van der Waals surface area contributed by atoms with Gasteiger partial charge in [-0.05, 0) is 55.3 Å². The molecular formula is C20H30N2O2. The minimum Gasteiger partial charge on any atom is -0.387 e. The van der Waals surface area contributed by atoms with E-state index in [-0.39, 0.29) is 5.91 Å². The van der Waals surface area contributed by atoms with Crippen LogP contribution in [0.1, 0.15) is 56.8 Å². The summed E-state index contributed by atoms with van der Waals surface area (Å²) in [4.78, 5) is 16.4. The summed E-state index contributed by atoms with van der Waals surface area (Å²) in [6.45, 7) is 7.89. The van der Waals surface area contributed by atoms with E-state index in [0.717, 1.165) is 49.6 Å². The molecule has 0 spiro atoms. The molecule has 2 aliphatic rings. The summed E-state index contributed by atoms with van der Waals surface area (Å²) < 4.78 is 0. The number of carbonyl (C=O) groups is 1. The molecule has 0 aromatic heterocycles. The van der Waals surface area contributed by atoms with Gasteiger partial charge in [0.2, 0.25) is 5.91 Å². The molecule has 24 heavy (non-hydrogen) atoms. The molecule has 2 aliphatic heterocycles. The number of β-amino-alcohol motifs (C(OH)–C–C–N with tert-alkyl or cyclic N) is 1. The third-order valence-electron chi connectivity index (χ3n) is 5.38. The van der Waals surface area contributed by atoms with Gasteiger partial charge in [-0.2, -0.15) is 0 Å². The lowest BCUT2D eigenvalue weighted by Gasteiger charge is -2.33. The van der Waals surface area contributed by atoms with E-state index >= 15 is 0 Å². The van der Waals surface area contributed by atoms with Gasteiger partial charge in [-0.15, -0.1) is 0 Å². The summed E-state index contributed by atoms with van der Waals surface area (Å²) >= 11 is 0. The Balaban J connectivity index is 1.72. The molecule has 0 radical (unpaired) electrons. The highest BCUT2D eigenvalue weighted by Crippen LogP contribution is 2.31. The fraction of sp³-hybridized carbons (Fsp3) is 0.650. The van der Waals surface area contributed by atoms with Crippen molar-refractivity contribution >= 4 is 11.6 Å². The van der Waals surface area contributed by atoms with Crippen molar-refractivity contribution < 1.29 is 9.90 Å². The van der Waals surface area contributed by atoms with Crippen LogP contribution in [0, 0.1) is 5.92 Å². The van der Waals surface area contributed by atoms with Gasteiger partial charge in [0.15, 0.2) is 0 Å². The standard InChI is InChI=1S/C20H30N2O2/c1-3-20(24)22-11-5-7-16-12-17(8-9-18(16)22)19(23)14-21-10-4-6-15(2)13-21/h8-9,12,15,19,23H,3-7,10-11,13-14H2,1-2H3/t15-,19+/m0/s1. The highest BCUT2D eigenvalue weighted by molar-refractivity contribution is 5.94. The maximum atomic E-state index is 12.1. The molecule has 0 bridgehead atoms. The molecule has 1 amide bonds. The number of amides is 1. The quantitative estimate of drug-likeness (QED) is 0.922. The first kappa shape index (κ1) is 17.4. The number of rotatable bonds is 4. The number of fused-ring (bicyclic) bond motifs is 1. The number of aliphatic hydroxyl groups excluding tert-OH is 1. The smallest absolute Gasteiger partial charge is 0.226 e. The minimum absolute atomic E-state index is 0.187. The summed E-state index contributed by atoms with van der Waals surface area (Å²) in [6.07, 6.45) is 4.61. The number of benzene rings is 1. The Labute approximate surface area is 145 Å². The number of hydrogen-bond donors (Lipinski definition) is 1. The first-order chi connectivity index (χ1) is 11.6. The zero-order valence-electron chi connectivity index (χ0n) is 15.0. The maximum Gasteiger partial charge on any atom is 0.226 e. The predicted octanol–water partition coefficient (Wildman–Crippen LogP) is 3.14. The lowest BCUT2D eigenvalue weighted by Crippen LogP contribution is -2.37. The van der Waals surface area contributed by atoms with Crippen LogP contribution in [-0.4, -0.2) is 42.1 Å². The van der Waals surface area contributed by atoms with Gasteiger partial charge in [0.05, 0.1) is 6.10 Å². The van der Waals surface area contributed by atoms with Crippen molar-refractivity contribution in [3.8, 4) is 0 Å². The Bertz CT molecular complexity index is 587. The van der Waals surface area contributed by atoms with Crippen molar-refractivity contribution in [3.63, 3.8) is 0 Å². The van der Waals surface area contributed by atoms with Gasteiger partial charge in [-0.1, -0.05) is 26.0 Å². The number of likely N-dealkylation sites (tertiary alicyclic amines) is 1. The highest BCUT2D eigenvalue weighted by Gasteiger charge is 2.24. The molecule has 3 rings (SSSR count). The van der Waals surface area contributed by atoms with Gasteiger partial charge in [-0.25, -0.2) is 0 Å². The van der Waals surface area contributed by atoms with Crippen molar-refractivity contribution in [2.24, 2.45) is 5.92 Å². The Morgan fingerprint density at radius 3 is 2.92 bits per heavy atom. The summed E-state index contributed by atoms with van der Waals surface area (Å²) in [5.41, 5.74) is 3.22. The van der Waals surface area contributed by atoms with Crippen molar-refractivity contribution in [2.45, 2.75) is 52.1 Å². The van der Waals surface area contributed by atoms with Crippen molar-refractivity contribution in [1.82, 2.24) is 4.90 Å². The second kappa shape index (κ2) is 7.66. The van der Waals surface area contributed by atoms with Crippen LogP contribution in [0.4, 0.5) is 5.69 Å². The first-order valence-electron chi connectivity index (χ1n) is 9.42. The van der Waals surface area contributed by atoms with E-state index in [1.807, 2.05) is 24.0 Å². The van der Waals surface area contributed by atoms with Crippen LogP contribution in [0.25, 0.3) is 0 Å². The number of aryl methyl sites for hydroxylation is 1. The molecule has 0 aliphatic carbocycles. The Morgan fingerprint density at radius 1 is 1.33 bits per heavy atom. The Morgan fingerprint density at radius 2 is 2.17 bits per heavy atom. The fourth-order valence-corrected chi connectivity index (χ4v) is 4.08. The van der Waals surface area contributed by atoms with E-state index in [1.54, 1.807) is 0 Å². The molecule has 1 N–H and O–H groups in total. The van der Waals surface area contributed by atoms with Gasteiger partial charge in [0, 0.05) is 31.7 Å². The average molecular weight is 330 g/mol. The van der Waals surface area contributed by atoms with Crippen molar-refractivity contribution in [2.75, 3.05) is 31.1 Å². The number of nitrogens with zero attached hydrogens (tertiary/aromatic N) is 2. The molecule has 2 atom stereocenters. The van der Waals surface area contributed by atoms with Crippen LogP contribution in [0.5, 0.6) is 0 Å². The second-order valence-corrected chi connectivity index (χ2v) is 7.41. The van der Waals surface area contributed by atoms with Crippen molar-refractivity contribution in [1.29, 1.82) is 0 Å². The monoisotopic (exact) mass is 330 g/mol. The molecule has 0 unspecified atom stereocenters. The van der Waals surface area contributed by atoms with Crippen LogP contribution < -0.4 is 4.90 Å². The summed E-state index contributed by atoms with van der Waals surface area (Å²) in [5.74, 6) is 0.912. The number of piperidine rings is 1. The van der Waals surface area contributed by atoms with Gasteiger partial charge < -0.3 is 14.9 Å². The second-order valence-electron chi connectivity index (χ2n) is 7.41. The zero-order chi connectivity index (χ0) is 17.1. The lowest BCUT2D eigenvalue weighted by molar-refractivity contribution is -0.118. The SMILES string of the molecule is CCC(=O)N1CCCc2cc([C@H](O)CN3CCC[C@H](C)C3)ccc21. The van der Waals surface area contributed by atoms with Crippen LogP contribution in [-0.2, 0) is 11.2 Å². The number of carbonyl (C=O) groups excluding carboxylic acids is 1. The lowest BCUT2D eigenvalue weighted by atomic mass is 9.96. The average Bonchev–Trinajstić information content (AvgIpc) is 2.60. The summed E-state index contributed by atoms with van der Waals surface area (Å²) in [7, 11) is 0. The third-order valence-corrected chi connectivity index (χ3v) is 5.38. The van der Waals surface area contributed by atoms with Crippen LogP contribution in [0.2, 0.25) is 0 Å². The molecule has 1 aromatic carbocycles. The number of anilines is 1. The molecule has 2 heterocycles. The third kappa shape index (κ3) is 3.81. The van der Waals surface area contributed by atoms with E-state index < -0.39 is 6.10 Å². The largest absolute Gasteiger partial charge is 0.387 e. The van der Waals surface area contributed by atoms with E-state index in [0.29, 0.717) is 13.0 Å². The summed E-state index contributed by atoms with van der Waals surface area (Å²) in [6, 6.07) is 6.14. The number of hydrogen-bond acceptors (Lipinski definition) is 3. The first-order valence-corrected chi connectivity index (χ1v) is 9.42. The maximum absolute atomic E-state index is 12.1. The van der Waals surface area contributed by atoms with Gasteiger partial charge in [0.25, 0.3) is 0 Å².